The van der Waals surface area contributed by atoms with E-state index in [9.17, 15) is 0 Å². The van der Waals surface area contributed by atoms with Crippen molar-refractivity contribution in [2.24, 2.45) is 0 Å². The van der Waals surface area contributed by atoms with Gasteiger partial charge in [0.15, 0.2) is 0 Å². The van der Waals surface area contributed by atoms with Gasteiger partial charge in [-0.3, -0.25) is 0 Å². The van der Waals surface area contributed by atoms with Crippen LogP contribution in [0.4, 0.5) is 11.4 Å². The van der Waals surface area contributed by atoms with Crippen molar-refractivity contribution >= 4 is 11.4 Å². The van der Waals surface area contributed by atoms with Crippen molar-refractivity contribution in [2.45, 2.75) is 34.6 Å². The van der Waals surface area contributed by atoms with Gasteiger partial charge >= 0.3 is 0 Å². The van der Waals surface area contributed by atoms with Crippen LogP contribution < -0.4 is 10.2 Å². The molecule has 0 aliphatic carbocycles. The molecule has 0 amide bonds. The maximum absolute atomic E-state index is 5.33. The van der Waals surface area contributed by atoms with Gasteiger partial charge in [0.1, 0.15) is 0 Å². The van der Waals surface area contributed by atoms with E-state index < -0.39 is 0 Å². The molecule has 0 unspecified atom stereocenters. The predicted molar refractivity (Wildman–Crippen MR) is 86.3 cm³/mol. The molecule has 1 aromatic rings. The first-order chi connectivity index (χ1) is 9.40. The van der Waals surface area contributed by atoms with E-state index in [2.05, 4.69) is 41.4 Å². The van der Waals surface area contributed by atoms with Gasteiger partial charge in [-0.05, 0) is 31.2 Å². The fraction of sp³-hybridized carbons (Fsp3) is 0.625. The Kier molecular flexibility index (Phi) is 11.1. The summed E-state index contributed by atoms with van der Waals surface area (Å²) < 4.78 is 5.33. The van der Waals surface area contributed by atoms with Gasteiger partial charge < -0.3 is 15.0 Å². The van der Waals surface area contributed by atoms with E-state index in [-0.39, 0.29) is 0 Å². The molecule has 1 heterocycles. The van der Waals surface area contributed by atoms with E-state index in [4.69, 9.17) is 4.74 Å². The average Bonchev–Trinajstić information content (AvgIpc) is 2.53. The van der Waals surface area contributed by atoms with E-state index in [0.717, 1.165) is 32.8 Å². The van der Waals surface area contributed by atoms with Gasteiger partial charge in [-0.2, -0.15) is 0 Å². The zero-order chi connectivity index (χ0) is 14.5. The van der Waals surface area contributed by atoms with Gasteiger partial charge in [-0.1, -0.05) is 27.7 Å². The number of benzene rings is 1. The van der Waals surface area contributed by atoms with Crippen molar-refractivity contribution in [3.05, 3.63) is 24.3 Å². The Morgan fingerprint density at radius 3 is 2.00 bits per heavy atom. The van der Waals surface area contributed by atoms with Crippen molar-refractivity contribution in [1.29, 1.82) is 0 Å². The Morgan fingerprint density at radius 1 is 1.00 bits per heavy atom. The maximum atomic E-state index is 5.33. The third kappa shape index (κ3) is 6.48. The van der Waals surface area contributed by atoms with Crippen LogP contribution in [0.25, 0.3) is 0 Å². The molecule has 1 N–H and O–H groups in total. The number of hydrogen-bond acceptors (Lipinski definition) is 3. The third-order valence-corrected chi connectivity index (χ3v) is 2.62. The Morgan fingerprint density at radius 2 is 1.53 bits per heavy atom. The molecule has 3 heteroatoms. The van der Waals surface area contributed by atoms with Crippen LogP contribution in [-0.2, 0) is 4.74 Å². The number of anilines is 2. The van der Waals surface area contributed by atoms with Crippen LogP contribution in [-0.4, -0.2) is 32.8 Å². The van der Waals surface area contributed by atoms with Gasteiger partial charge in [0.05, 0.1) is 13.2 Å². The molecule has 1 saturated heterocycles. The summed E-state index contributed by atoms with van der Waals surface area (Å²) in [5.41, 5.74) is 2.48. The average molecular weight is 266 g/mol. The van der Waals surface area contributed by atoms with Gasteiger partial charge in [-0.25, -0.2) is 0 Å². The predicted octanol–water partition coefficient (Wildman–Crippen LogP) is 4.01. The Hall–Kier alpha value is -1.22. The topological polar surface area (TPSA) is 24.5 Å². The number of rotatable bonds is 3. The summed E-state index contributed by atoms with van der Waals surface area (Å²) in [6.07, 6.45) is 0. The third-order valence-electron chi connectivity index (χ3n) is 2.62. The normalized spacial score (nSPS) is 13.6. The zero-order valence-electron chi connectivity index (χ0n) is 13.2. The van der Waals surface area contributed by atoms with Crippen molar-refractivity contribution in [3.63, 3.8) is 0 Å². The van der Waals surface area contributed by atoms with E-state index >= 15 is 0 Å². The summed E-state index contributed by atoms with van der Waals surface area (Å²) in [5, 5.41) is 3.29. The lowest BCUT2D eigenvalue weighted by atomic mass is 10.2. The molecule has 0 radical (unpaired) electrons. The van der Waals surface area contributed by atoms with Gasteiger partial charge in [0.2, 0.25) is 0 Å². The minimum atomic E-state index is 0.842. The number of nitrogens with zero attached hydrogens (tertiary/aromatic N) is 1. The summed E-state index contributed by atoms with van der Waals surface area (Å²) in [7, 11) is 0. The maximum Gasteiger partial charge on any atom is 0.0642 e. The first kappa shape index (κ1) is 17.8. The molecular weight excluding hydrogens is 236 g/mol. The van der Waals surface area contributed by atoms with E-state index in [1.807, 2.05) is 27.7 Å². The van der Waals surface area contributed by atoms with Crippen LogP contribution in [0.15, 0.2) is 24.3 Å². The summed E-state index contributed by atoms with van der Waals surface area (Å²) in [6.45, 7) is 14.8. The smallest absolute Gasteiger partial charge is 0.0642 e. The number of morpholine rings is 1. The number of ether oxygens (including phenoxy) is 1. The Labute approximate surface area is 119 Å². The molecule has 1 aliphatic heterocycles. The zero-order valence-corrected chi connectivity index (χ0v) is 13.2. The summed E-state index contributed by atoms with van der Waals surface area (Å²) in [6, 6.07) is 8.61. The Bertz CT molecular complexity index is 292. The highest BCUT2D eigenvalue weighted by Crippen LogP contribution is 2.18. The fourth-order valence-electron chi connectivity index (χ4n) is 1.82. The van der Waals surface area contributed by atoms with Crippen LogP contribution in [0.3, 0.4) is 0 Å². The Balaban J connectivity index is 0.000000741. The molecule has 3 nitrogen and oxygen atoms in total. The van der Waals surface area contributed by atoms with Gasteiger partial charge in [0.25, 0.3) is 0 Å². The van der Waals surface area contributed by atoms with E-state index in [1.165, 1.54) is 11.4 Å². The molecule has 19 heavy (non-hydrogen) atoms. The lowest BCUT2D eigenvalue weighted by molar-refractivity contribution is 0.122. The second-order valence-corrected chi connectivity index (χ2v) is 3.68. The minimum Gasteiger partial charge on any atom is -0.385 e. The molecule has 0 bridgehead atoms. The fourth-order valence-corrected chi connectivity index (χ4v) is 1.82. The second-order valence-electron chi connectivity index (χ2n) is 3.68. The molecule has 1 aromatic carbocycles. The number of hydrogen-bond donors (Lipinski definition) is 1. The van der Waals surface area contributed by atoms with E-state index in [1.54, 1.807) is 0 Å². The SMILES string of the molecule is CC.CC.CCNc1ccc(N2CCOCC2)cc1. The monoisotopic (exact) mass is 266 g/mol. The second kappa shape index (κ2) is 11.8. The quantitative estimate of drug-likeness (QED) is 0.894. The van der Waals surface area contributed by atoms with E-state index in [0.29, 0.717) is 0 Å². The van der Waals surface area contributed by atoms with Gasteiger partial charge in [0, 0.05) is 31.0 Å². The molecule has 110 valence electrons. The standard InChI is InChI=1S/C12H18N2O.2C2H6/c1-2-13-11-3-5-12(6-4-11)14-7-9-15-10-8-14;2*1-2/h3-6,13H,2,7-10H2,1H3;2*1-2H3. The van der Waals surface area contributed by atoms with Crippen LogP contribution >= 0.6 is 0 Å². The molecule has 2 rings (SSSR count). The molecule has 1 fully saturated rings. The largest absolute Gasteiger partial charge is 0.385 e. The van der Waals surface area contributed by atoms with Crippen LogP contribution in [0.5, 0.6) is 0 Å². The number of nitrogens with one attached hydrogen (secondary N) is 1. The summed E-state index contributed by atoms with van der Waals surface area (Å²) in [4.78, 5) is 2.36. The summed E-state index contributed by atoms with van der Waals surface area (Å²) in [5.74, 6) is 0. The van der Waals surface area contributed by atoms with Crippen molar-refractivity contribution in [3.8, 4) is 0 Å². The van der Waals surface area contributed by atoms with Crippen molar-refractivity contribution in [1.82, 2.24) is 0 Å². The van der Waals surface area contributed by atoms with Crippen molar-refractivity contribution < 1.29 is 4.74 Å². The molecule has 1 aliphatic rings. The highest BCUT2D eigenvalue weighted by Gasteiger charge is 2.10. The summed E-state index contributed by atoms with van der Waals surface area (Å²) >= 11 is 0. The van der Waals surface area contributed by atoms with Crippen LogP contribution in [0, 0.1) is 0 Å². The lowest BCUT2D eigenvalue weighted by Gasteiger charge is -2.28. The van der Waals surface area contributed by atoms with Crippen molar-refractivity contribution in [2.75, 3.05) is 43.1 Å². The molecule has 0 spiro atoms. The van der Waals surface area contributed by atoms with Gasteiger partial charge in [-0.15, -0.1) is 0 Å². The molecule has 0 aromatic heterocycles. The van der Waals surface area contributed by atoms with Crippen LogP contribution in [0.2, 0.25) is 0 Å². The molecular formula is C16H30N2O. The first-order valence-electron chi connectivity index (χ1n) is 7.57. The lowest BCUT2D eigenvalue weighted by Crippen LogP contribution is -2.36. The van der Waals surface area contributed by atoms with Crippen LogP contribution in [0.1, 0.15) is 34.6 Å². The highest BCUT2D eigenvalue weighted by molar-refractivity contribution is 5.55. The molecule has 0 atom stereocenters. The highest BCUT2D eigenvalue weighted by atomic mass is 16.5. The first-order valence-corrected chi connectivity index (χ1v) is 7.57. The molecule has 0 saturated carbocycles. The minimum absolute atomic E-state index is 0.842.